The van der Waals surface area contributed by atoms with E-state index < -0.39 is 5.69 Å². The molecule has 1 fully saturated rings. The number of nitrogens with zero attached hydrogens (tertiary/aromatic N) is 6. The Bertz CT molecular complexity index is 926. The van der Waals surface area contributed by atoms with Crippen LogP contribution in [-0.2, 0) is 11.3 Å². The van der Waals surface area contributed by atoms with Gasteiger partial charge in [0.15, 0.2) is 0 Å². The predicted octanol–water partition coefficient (Wildman–Crippen LogP) is 0.839. The Morgan fingerprint density at radius 1 is 1.00 bits per heavy atom. The van der Waals surface area contributed by atoms with Crippen molar-refractivity contribution >= 4 is 22.9 Å². The highest BCUT2D eigenvalue weighted by atomic mass is 32.1. The van der Waals surface area contributed by atoms with Crippen LogP contribution in [0.15, 0.2) is 52.6 Å². The Labute approximate surface area is 153 Å². The fourth-order valence-electron chi connectivity index (χ4n) is 2.98. The van der Waals surface area contributed by atoms with E-state index in [1.54, 1.807) is 11.0 Å². The Morgan fingerprint density at radius 3 is 2.46 bits per heavy atom. The molecule has 0 bridgehead atoms. The summed E-state index contributed by atoms with van der Waals surface area (Å²) in [7, 11) is 0. The third-order valence-corrected chi connectivity index (χ3v) is 5.24. The van der Waals surface area contributed by atoms with Crippen LogP contribution < -0.4 is 10.6 Å². The van der Waals surface area contributed by atoms with Crippen molar-refractivity contribution < 1.29 is 4.79 Å². The zero-order valence-corrected chi connectivity index (χ0v) is 14.9. The topological polar surface area (TPSA) is 76.3 Å². The first kappa shape index (κ1) is 16.5. The van der Waals surface area contributed by atoms with Gasteiger partial charge in [0.2, 0.25) is 5.91 Å². The van der Waals surface area contributed by atoms with E-state index in [9.17, 15) is 9.59 Å². The molecule has 26 heavy (non-hydrogen) atoms. The Morgan fingerprint density at radius 2 is 1.77 bits per heavy atom. The lowest BCUT2D eigenvalue weighted by atomic mass is 10.2. The van der Waals surface area contributed by atoms with Gasteiger partial charge in [-0.3, -0.25) is 4.79 Å². The summed E-state index contributed by atoms with van der Waals surface area (Å²) in [6.45, 7) is 2.71. The summed E-state index contributed by atoms with van der Waals surface area (Å²) in [5.74, 6) is -0.113. The number of amides is 1. The molecule has 1 aliphatic heterocycles. The molecule has 0 saturated carbocycles. The van der Waals surface area contributed by atoms with E-state index in [-0.39, 0.29) is 12.5 Å². The van der Waals surface area contributed by atoms with E-state index in [0.29, 0.717) is 18.1 Å². The molecular formula is C17H18N6O2S. The normalized spacial score (nSPS) is 14.6. The van der Waals surface area contributed by atoms with Gasteiger partial charge < -0.3 is 9.80 Å². The molecule has 2 aromatic heterocycles. The molecule has 1 aromatic carbocycles. The molecule has 0 aliphatic carbocycles. The maximum absolute atomic E-state index is 12.5. The number of hydrogen-bond acceptors (Lipinski definition) is 6. The number of aromatic nitrogens is 4. The zero-order valence-electron chi connectivity index (χ0n) is 14.1. The smallest absolute Gasteiger partial charge is 0.368 e. The molecule has 0 unspecified atom stereocenters. The molecule has 0 spiro atoms. The second-order valence-corrected chi connectivity index (χ2v) is 6.91. The largest absolute Gasteiger partial charge is 0.369 e. The maximum Gasteiger partial charge on any atom is 0.369 e. The van der Waals surface area contributed by atoms with Crippen molar-refractivity contribution in [3.63, 3.8) is 0 Å². The highest BCUT2D eigenvalue weighted by Crippen LogP contribution is 2.15. The number of hydrogen-bond donors (Lipinski definition) is 0. The summed E-state index contributed by atoms with van der Waals surface area (Å²) in [5, 5.41) is 10.2. The third kappa shape index (κ3) is 3.25. The molecule has 1 amide bonds. The number of tetrazole rings is 1. The van der Waals surface area contributed by atoms with Crippen LogP contribution in [0.3, 0.4) is 0 Å². The van der Waals surface area contributed by atoms with Gasteiger partial charge in [-0.25, -0.2) is 4.79 Å². The average Bonchev–Trinajstić information content (AvgIpc) is 3.33. The summed E-state index contributed by atoms with van der Waals surface area (Å²) in [6, 6.07) is 13.8. The highest BCUT2D eigenvalue weighted by Gasteiger charge is 2.23. The van der Waals surface area contributed by atoms with Crippen LogP contribution in [0, 0.1) is 0 Å². The van der Waals surface area contributed by atoms with E-state index in [4.69, 9.17) is 0 Å². The Balaban J connectivity index is 1.38. The second-order valence-electron chi connectivity index (χ2n) is 5.99. The first-order valence-electron chi connectivity index (χ1n) is 8.37. The lowest BCUT2D eigenvalue weighted by Crippen LogP contribution is -2.50. The van der Waals surface area contributed by atoms with Crippen LogP contribution in [-0.4, -0.2) is 56.8 Å². The second kappa shape index (κ2) is 7.12. The van der Waals surface area contributed by atoms with Crippen LogP contribution in [0.4, 0.5) is 5.69 Å². The number of piperazine rings is 1. The van der Waals surface area contributed by atoms with Gasteiger partial charge in [0.05, 0.1) is 0 Å². The highest BCUT2D eigenvalue weighted by molar-refractivity contribution is 7.12. The van der Waals surface area contributed by atoms with E-state index >= 15 is 0 Å². The van der Waals surface area contributed by atoms with Crippen LogP contribution in [0.1, 0.15) is 0 Å². The van der Waals surface area contributed by atoms with Crippen molar-refractivity contribution in [3.05, 3.63) is 58.3 Å². The van der Waals surface area contributed by atoms with E-state index in [2.05, 4.69) is 27.5 Å². The standard InChI is InChI=1S/C17H18N6O2S/c24-15(13-22-17(25)23(19-18-22)16-7-4-12-26-16)21-10-8-20(9-11-21)14-5-2-1-3-6-14/h1-7,12H,8-11,13H2. The summed E-state index contributed by atoms with van der Waals surface area (Å²) >= 11 is 1.39. The summed E-state index contributed by atoms with van der Waals surface area (Å²) < 4.78 is 2.33. The SMILES string of the molecule is O=C(Cn1nnn(-c2cccs2)c1=O)N1CCN(c2ccccc2)CC1. The Kier molecular flexibility index (Phi) is 4.53. The first-order valence-corrected chi connectivity index (χ1v) is 9.25. The van der Waals surface area contributed by atoms with E-state index in [0.717, 1.165) is 23.5 Å². The number of benzene rings is 1. The molecular weight excluding hydrogens is 352 g/mol. The predicted molar refractivity (Wildman–Crippen MR) is 98.7 cm³/mol. The molecule has 4 rings (SSSR count). The van der Waals surface area contributed by atoms with Crippen LogP contribution >= 0.6 is 11.3 Å². The molecule has 1 aliphatic rings. The van der Waals surface area contributed by atoms with Gasteiger partial charge in [0.1, 0.15) is 11.5 Å². The summed E-state index contributed by atoms with van der Waals surface area (Å²) in [4.78, 5) is 28.9. The van der Waals surface area contributed by atoms with Gasteiger partial charge in [-0.15, -0.1) is 11.3 Å². The summed E-state index contributed by atoms with van der Waals surface area (Å²) in [6.07, 6.45) is 0. The molecule has 3 aromatic rings. The molecule has 0 N–H and O–H groups in total. The van der Waals surface area contributed by atoms with Crippen LogP contribution in [0.5, 0.6) is 0 Å². The number of carbonyl (C=O) groups excluding carboxylic acids is 1. The molecule has 0 atom stereocenters. The van der Waals surface area contributed by atoms with Gasteiger partial charge in [-0.2, -0.15) is 9.36 Å². The van der Waals surface area contributed by atoms with Crippen molar-refractivity contribution in [3.8, 4) is 5.00 Å². The number of carbonyl (C=O) groups is 1. The maximum atomic E-state index is 12.5. The van der Waals surface area contributed by atoms with Crippen molar-refractivity contribution in [2.75, 3.05) is 31.1 Å². The van der Waals surface area contributed by atoms with E-state index in [1.807, 2.05) is 29.6 Å². The fourth-order valence-corrected chi connectivity index (χ4v) is 3.65. The van der Waals surface area contributed by atoms with Gasteiger partial charge >= 0.3 is 5.69 Å². The average molecular weight is 370 g/mol. The number of thiophene rings is 1. The lowest BCUT2D eigenvalue weighted by Gasteiger charge is -2.36. The summed E-state index contributed by atoms with van der Waals surface area (Å²) in [5.41, 5.74) is 0.762. The van der Waals surface area contributed by atoms with Gasteiger partial charge in [-0.1, -0.05) is 18.2 Å². The quantitative estimate of drug-likeness (QED) is 0.680. The van der Waals surface area contributed by atoms with Crippen LogP contribution in [0.2, 0.25) is 0 Å². The zero-order chi connectivity index (χ0) is 17.9. The molecule has 9 heteroatoms. The van der Waals surface area contributed by atoms with Crippen LogP contribution in [0.25, 0.3) is 5.00 Å². The third-order valence-electron chi connectivity index (χ3n) is 4.39. The van der Waals surface area contributed by atoms with Crippen molar-refractivity contribution in [1.29, 1.82) is 0 Å². The van der Waals surface area contributed by atoms with Crippen molar-refractivity contribution in [1.82, 2.24) is 24.7 Å². The number of rotatable bonds is 4. The molecule has 1 saturated heterocycles. The molecule has 3 heterocycles. The minimum atomic E-state index is -0.399. The number of para-hydroxylation sites is 1. The van der Waals surface area contributed by atoms with Gasteiger partial charge in [0, 0.05) is 31.9 Å². The van der Waals surface area contributed by atoms with Crippen molar-refractivity contribution in [2.24, 2.45) is 0 Å². The first-order chi connectivity index (χ1) is 12.7. The minimum absolute atomic E-state index is 0.0878. The van der Waals surface area contributed by atoms with Crippen molar-refractivity contribution in [2.45, 2.75) is 6.54 Å². The minimum Gasteiger partial charge on any atom is -0.368 e. The molecule has 134 valence electrons. The fraction of sp³-hybridized carbons (Fsp3) is 0.294. The lowest BCUT2D eigenvalue weighted by molar-refractivity contribution is -0.132. The Hall–Kier alpha value is -2.94. The number of anilines is 1. The van der Waals surface area contributed by atoms with E-state index in [1.165, 1.54) is 16.0 Å². The van der Waals surface area contributed by atoms with Gasteiger partial charge in [0.25, 0.3) is 0 Å². The van der Waals surface area contributed by atoms with Gasteiger partial charge in [-0.05, 0) is 40.1 Å². The molecule has 0 radical (unpaired) electrons. The monoisotopic (exact) mass is 370 g/mol. The molecule has 8 nitrogen and oxygen atoms in total.